The van der Waals surface area contributed by atoms with Gasteiger partial charge in [-0.1, -0.05) is 32.1 Å². The Balaban J connectivity index is 1.42. The second-order valence-electron chi connectivity index (χ2n) is 7.24. The molecule has 0 radical (unpaired) electrons. The molecule has 1 aliphatic carbocycles. The third-order valence-electron chi connectivity index (χ3n) is 5.43. The average Bonchev–Trinajstić information content (AvgIpc) is 2.98. The van der Waals surface area contributed by atoms with Crippen molar-refractivity contribution < 1.29 is 9.18 Å². The van der Waals surface area contributed by atoms with Gasteiger partial charge in [0.1, 0.15) is 5.82 Å². The fourth-order valence-electron chi connectivity index (χ4n) is 4.02. The second-order valence-corrected chi connectivity index (χ2v) is 7.24. The van der Waals surface area contributed by atoms with Gasteiger partial charge in [0.05, 0.1) is 6.04 Å². The van der Waals surface area contributed by atoms with Crippen LogP contribution in [0.3, 0.4) is 0 Å². The number of nitrogens with two attached hydrogens (primary N) is 1. The van der Waals surface area contributed by atoms with Gasteiger partial charge in [-0.15, -0.1) is 0 Å². The van der Waals surface area contributed by atoms with Crippen LogP contribution in [0.25, 0.3) is 0 Å². The maximum absolute atomic E-state index is 13.4. The van der Waals surface area contributed by atoms with E-state index >= 15 is 0 Å². The number of carbonyl (C=O) groups is 1. The predicted molar refractivity (Wildman–Crippen MR) is 94.4 cm³/mol. The minimum atomic E-state index is -0.403. The summed E-state index contributed by atoms with van der Waals surface area (Å²) in [5, 5.41) is 6.25. The van der Waals surface area contributed by atoms with Crippen LogP contribution in [0.4, 0.5) is 10.1 Å². The Morgan fingerprint density at radius 2 is 2.12 bits per heavy atom. The van der Waals surface area contributed by atoms with Crippen molar-refractivity contribution in [2.75, 3.05) is 18.4 Å². The molecule has 2 aliphatic rings. The summed E-state index contributed by atoms with van der Waals surface area (Å²) >= 11 is 0. The number of amides is 1. The van der Waals surface area contributed by atoms with E-state index in [4.69, 9.17) is 5.73 Å². The van der Waals surface area contributed by atoms with Gasteiger partial charge in [-0.2, -0.15) is 0 Å². The van der Waals surface area contributed by atoms with Gasteiger partial charge in [0.25, 0.3) is 0 Å². The largest absolute Gasteiger partial charge is 0.384 e. The van der Waals surface area contributed by atoms with Crippen molar-refractivity contribution in [2.24, 2.45) is 11.7 Å². The minimum absolute atomic E-state index is 0.0500. The van der Waals surface area contributed by atoms with Crippen LogP contribution in [-0.4, -0.2) is 25.0 Å². The van der Waals surface area contributed by atoms with Crippen LogP contribution in [0.1, 0.15) is 56.4 Å². The quantitative estimate of drug-likeness (QED) is 0.749. The number of benzene rings is 1. The summed E-state index contributed by atoms with van der Waals surface area (Å²) in [6.07, 6.45) is 7.85. The van der Waals surface area contributed by atoms with Gasteiger partial charge in [0, 0.05) is 24.7 Å². The number of carbonyl (C=O) groups excluding carboxylic acids is 1. The van der Waals surface area contributed by atoms with Crippen molar-refractivity contribution in [1.82, 2.24) is 5.32 Å². The second kappa shape index (κ2) is 7.97. The monoisotopic (exact) mass is 333 g/mol. The van der Waals surface area contributed by atoms with E-state index in [1.165, 1.54) is 38.2 Å². The van der Waals surface area contributed by atoms with E-state index in [1.54, 1.807) is 12.1 Å². The van der Waals surface area contributed by atoms with E-state index < -0.39 is 6.04 Å². The lowest BCUT2D eigenvalue weighted by atomic mass is 9.85. The summed E-state index contributed by atoms with van der Waals surface area (Å²) in [4.78, 5) is 12.2. The average molecular weight is 333 g/mol. The van der Waals surface area contributed by atoms with E-state index in [-0.39, 0.29) is 17.6 Å². The van der Waals surface area contributed by atoms with Crippen molar-refractivity contribution >= 4 is 11.6 Å². The maximum Gasteiger partial charge on any atom is 0.236 e. The number of rotatable bonds is 6. The number of fused-ring (bicyclic) bond motifs is 1. The minimum Gasteiger partial charge on any atom is -0.384 e. The summed E-state index contributed by atoms with van der Waals surface area (Å²) < 4.78 is 13.4. The Morgan fingerprint density at radius 3 is 2.92 bits per heavy atom. The number of nitrogens with one attached hydrogen (secondary N) is 2. The highest BCUT2D eigenvalue weighted by Crippen LogP contribution is 2.33. The van der Waals surface area contributed by atoms with E-state index in [2.05, 4.69) is 10.6 Å². The highest BCUT2D eigenvalue weighted by molar-refractivity contribution is 5.81. The molecule has 2 atom stereocenters. The van der Waals surface area contributed by atoms with Crippen LogP contribution in [0, 0.1) is 11.7 Å². The predicted octanol–water partition coefficient (Wildman–Crippen LogP) is 3.14. The Bertz CT molecular complexity index is 572. The molecular weight excluding hydrogens is 305 g/mol. The molecule has 1 aromatic rings. The maximum atomic E-state index is 13.4. The summed E-state index contributed by atoms with van der Waals surface area (Å²) in [6, 6.07) is 4.44. The summed E-state index contributed by atoms with van der Waals surface area (Å²) in [5.41, 5.74) is 8.08. The zero-order valence-corrected chi connectivity index (χ0v) is 14.2. The molecule has 5 heteroatoms. The highest BCUT2D eigenvalue weighted by Gasteiger charge is 2.24. The lowest BCUT2D eigenvalue weighted by molar-refractivity contribution is -0.122. The molecule has 3 rings (SSSR count). The van der Waals surface area contributed by atoms with Crippen LogP contribution in [-0.2, 0) is 4.79 Å². The Kier molecular flexibility index (Phi) is 5.72. The number of halogens is 1. The van der Waals surface area contributed by atoms with Crippen molar-refractivity contribution in [2.45, 2.75) is 56.9 Å². The first-order valence-corrected chi connectivity index (χ1v) is 9.20. The fraction of sp³-hybridized carbons (Fsp3) is 0.632. The van der Waals surface area contributed by atoms with Gasteiger partial charge in [-0.25, -0.2) is 4.39 Å². The van der Waals surface area contributed by atoms with Gasteiger partial charge >= 0.3 is 0 Å². The Hall–Kier alpha value is -1.62. The Morgan fingerprint density at radius 1 is 1.33 bits per heavy atom. The standard InChI is InChI=1S/C19H28FN3O/c20-15-6-7-18-16(11-15)14(12-23-18)8-9-22-19(24)17(21)10-13-4-2-1-3-5-13/h6-7,11,13-14,17,23H,1-5,8-10,12,21H2,(H,22,24)/t14?,17-/m0/s1. The number of anilines is 1. The van der Waals surface area contributed by atoms with E-state index in [1.807, 2.05) is 0 Å². The summed E-state index contributed by atoms with van der Waals surface area (Å²) in [6.45, 7) is 1.38. The first-order chi connectivity index (χ1) is 11.6. The molecule has 4 nitrogen and oxygen atoms in total. The van der Waals surface area contributed by atoms with Crippen molar-refractivity contribution in [3.8, 4) is 0 Å². The molecule has 24 heavy (non-hydrogen) atoms. The van der Waals surface area contributed by atoms with Crippen molar-refractivity contribution in [3.63, 3.8) is 0 Å². The molecule has 1 amide bonds. The third-order valence-corrected chi connectivity index (χ3v) is 5.43. The molecule has 1 unspecified atom stereocenters. The van der Waals surface area contributed by atoms with E-state index in [0.29, 0.717) is 12.5 Å². The van der Waals surface area contributed by atoms with Crippen LogP contribution in [0.2, 0.25) is 0 Å². The molecule has 0 bridgehead atoms. The van der Waals surface area contributed by atoms with Crippen LogP contribution in [0.5, 0.6) is 0 Å². The topological polar surface area (TPSA) is 67.2 Å². The van der Waals surface area contributed by atoms with Crippen molar-refractivity contribution in [1.29, 1.82) is 0 Å². The highest BCUT2D eigenvalue weighted by atomic mass is 19.1. The normalized spacial score (nSPS) is 21.8. The van der Waals surface area contributed by atoms with Gasteiger partial charge in [0.2, 0.25) is 5.91 Å². The molecule has 4 N–H and O–H groups in total. The zero-order chi connectivity index (χ0) is 16.9. The first kappa shape index (κ1) is 17.2. The summed E-state index contributed by atoms with van der Waals surface area (Å²) in [5.74, 6) is 0.589. The number of hydrogen-bond acceptors (Lipinski definition) is 3. The molecule has 1 aromatic carbocycles. The van der Waals surface area contributed by atoms with Crippen LogP contribution >= 0.6 is 0 Å². The van der Waals surface area contributed by atoms with Crippen LogP contribution in [0.15, 0.2) is 18.2 Å². The van der Waals surface area contributed by atoms with Gasteiger partial charge < -0.3 is 16.4 Å². The van der Waals surface area contributed by atoms with E-state index in [9.17, 15) is 9.18 Å². The zero-order valence-electron chi connectivity index (χ0n) is 14.2. The van der Waals surface area contributed by atoms with E-state index in [0.717, 1.165) is 30.6 Å². The lowest BCUT2D eigenvalue weighted by Crippen LogP contribution is -2.42. The molecule has 1 heterocycles. The van der Waals surface area contributed by atoms with Crippen LogP contribution < -0.4 is 16.4 Å². The molecule has 1 fully saturated rings. The van der Waals surface area contributed by atoms with Gasteiger partial charge in [-0.05, 0) is 42.5 Å². The fourth-order valence-corrected chi connectivity index (χ4v) is 4.02. The molecule has 1 saturated carbocycles. The van der Waals surface area contributed by atoms with Gasteiger partial charge in [-0.3, -0.25) is 4.79 Å². The first-order valence-electron chi connectivity index (χ1n) is 9.20. The molecule has 0 saturated heterocycles. The SMILES string of the molecule is N[C@@H](CC1CCCCC1)C(=O)NCCC1CNc2ccc(F)cc21. The molecule has 1 aliphatic heterocycles. The third kappa shape index (κ3) is 4.26. The molecule has 0 spiro atoms. The van der Waals surface area contributed by atoms with Crippen molar-refractivity contribution in [3.05, 3.63) is 29.6 Å². The lowest BCUT2D eigenvalue weighted by Gasteiger charge is -2.24. The summed E-state index contributed by atoms with van der Waals surface area (Å²) in [7, 11) is 0. The number of hydrogen-bond donors (Lipinski definition) is 3. The molecule has 0 aromatic heterocycles. The molecule has 132 valence electrons. The van der Waals surface area contributed by atoms with Gasteiger partial charge in [0.15, 0.2) is 0 Å². The molecular formula is C19H28FN3O. The smallest absolute Gasteiger partial charge is 0.236 e. The Labute approximate surface area is 143 Å².